The molecule has 1 aromatic heterocycles. The summed E-state index contributed by atoms with van der Waals surface area (Å²) >= 11 is 5.64. The number of nitro groups is 1. The van der Waals surface area contributed by atoms with Gasteiger partial charge in [-0.25, -0.2) is 4.98 Å². The van der Waals surface area contributed by atoms with Gasteiger partial charge in [-0.2, -0.15) is 4.98 Å². The first kappa shape index (κ1) is 11.0. The van der Waals surface area contributed by atoms with Crippen LogP contribution >= 0.6 is 11.6 Å². The van der Waals surface area contributed by atoms with Crippen molar-refractivity contribution >= 4 is 23.1 Å². The van der Waals surface area contributed by atoms with Crippen molar-refractivity contribution in [1.29, 1.82) is 0 Å². The highest BCUT2D eigenvalue weighted by Crippen LogP contribution is 2.26. The van der Waals surface area contributed by atoms with Crippen molar-refractivity contribution < 1.29 is 9.66 Å². The summed E-state index contributed by atoms with van der Waals surface area (Å²) in [5, 5.41) is 10.8. The minimum absolute atomic E-state index is 0.00657. The smallest absolute Gasteiger partial charge is 0.329 e. The lowest BCUT2D eigenvalue weighted by molar-refractivity contribution is -0.384. The van der Waals surface area contributed by atoms with Crippen LogP contribution in [0.25, 0.3) is 0 Å². The molecule has 0 radical (unpaired) electrons. The molecule has 1 aliphatic rings. The summed E-state index contributed by atoms with van der Waals surface area (Å²) < 4.78 is 5.16. The van der Waals surface area contributed by atoms with Crippen molar-refractivity contribution in [2.24, 2.45) is 0 Å². The van der Waals surface area contributed by atoms with Crippen molar-refractivity contribution in [2.45, 2.75) is 0 Å². The molecule has 1 aliphatic heterocycles. The van der Waals surface area contributed by atoms with Crippen LogP contribution in [0, 0.1) is 10.1 Å². The maximum Gasteiger partial charge on any atom is 0.329 e. The Morgan fingerprint density at radius 1 is 1.50 bits per heavy atom. The molecule has 7 nitrogen and oxygen atoms in total. The molecule has 16 heavy (non-hydrogen) atoms. The molecule has 0 aliphatic carbocycles. The number of nitrogens with zero attached hydrogens (tertiary/aromatic N) is 4. The molecule has 0 amide bonds. The van der Waals surface area contributed by atoms with Crippen LogP contribution in [0.15, 0.2) is 6.20 Å². The van der Waals surface area contributed by atoms with E-state index < -0.39 is 4.92 Å². The highest BCUT2D eigenvalue weighted by atomic mass is 35.5. The van der Waals surface area contributed by atoms with E-state index in [9.17, 15) is 10.1 Å². The molecule has 1 aromatic rings. The molecule has 1 saturated heterocycles. The third-order valence-corrected chi connectivity index (χ3v) is 2.41. The second-order valence-electron chi connectivity index (χ2n) is 3.20. The molecule has 0 atom stereocenters. The van der Waals surface area contributed by atoms with Gasteiger partial charge in [0.25, 0.3) is 0 Å². The fourth-order valence-corrected chi connectivity index (χ4v) is 1.61. The van der Waals surface area contributed by atoms with Crippen LogP contribution in [0.5, 0.6) is 0 Å². The van der Waals surface area contributed by atoms with Crippen molar-refractivity contribution in [3.63, 3.8) is 0 Å². The third-order valence-electron chi connectivity index (χ3n) is 2.23. The van der Waals surface area contributed by atoms with Gasteiger partial charge in [-0.1, -0.05) is 0 Å². The molecule has 0 saturated carbocycles. The first-order chi connectivity index (χ1) is 7.68. The molecule has 0 bridgehead atoms. The van der Waals surface area contributed by atoms with E-state index in [1.807, 2.05) is 0 Å². The Balaban J connectivity index is 2.36. The molecular formula is C8H9ClN4O3. The summed E-state index contributed by atoms with van der Waals surface area (Å²) in [5.41, 5.74) is -0.133. The van der Waals surface area contributed by atoms with Crippen LogP contribution in [0.4, 0.5) is 11.5 Å². The Morgan fingerprint density at radius 2 is 2.19 bits per heavy atom. The van der Waals surface area contributed by atoms with Crippen LogP contribution in [0.2, 0.25) is 5.28 Å². The largest absolute Gasteiger partial charge is 0.378 e. The van der Waals surface area contributed by atoms with E-state index in [4.69, 9.17) is 16.3 Å². The summed E-state index contributed by atoms with van der Waals surface area (Å²) in [5.74, 6) is 0.258. The van der Waals surface area contributed by atoms with E-state index in [0.717, 1.165) is 6.20 Å². The lowest BCUT2D eigenvalue weighted by atomic mass is 10.3. The van der Waals surface area contributed by atoms with Crippen molar-refractivity contribution in [3.05, 3.63) is 21.6 Å². The molecule has 0 spiro atoms. The molecule has 2 heterocycles. The first-order valence-electron chi connectivity index (χ1n) is 4.68. The predicted molar refractivity (Wildman–Crippen MR) is 56.7 cm³/mol. The number of hydrogen-bond donors (Lipinski definition) is 0. The fraction of sp³-hybridized carbons (Fsp3) is 0.500. The highest BCUT2D eigenvalue weighted by molar-refractivity contribution is 6.28. The third kappa shape index (κ3) is 2.20. The van der Waals surface area contributed by atoms with E-state index in [1.54, 1.807) is 4.90 Å². The zero-order valence-electron chi connectivity index (χ0n) is 8.30. The molecule has 0 unspecified atom stereocenters. The number of ether oxygens (including phenoxy) is 1. The second kappa shape index (κ2) is 4.58. The minimum atomic E-state index is -0.513. The zero-order chi connectivity index (χ0) is 11.5. The minimum Gasteiger partial charge on any atom is -0.378 e. The normalized spacial score (nSPS) is 16.2. The maximum atomic E-state index is 10.8. The molecule has 2 rings (SSSR count). The standard InChI is InChI=1S/C8H9ClN4O3/c9-8-10-5-6(13(14)15)7(11-8)12-1-3-16-4-2-12/h5H,1-4H2. The summed E-state index contributed by atoms with van der Waals surface area (Å²) in [4.78, 5) is 19.6. The van der Waals surface area contributed by atoms with Gasteiger partial charge < -0.3 is 9.64 Å². The van der Waals surface area contributed by atoms with Crippen LogP contribution in [0.3, 0.4) is 0 Å². The lowest BCUT2D eigenvalue weighted by Gasteiger charge is -2.27. The monoisotopic (exact) mass is 244 g/mol. The van der Waals surface area contributed by atoms with Gasteiger partial charge >= 0.3 is 5.69 Å². The SMILES string of the molecule is O=[N+]([O-])c1cnc(Cl)nc1N1CCOCC1. The van der Waals surface area contributed by atoms with Gasteiger partial charge in [0.05, 0.1) is 18.1 Å². The van der Waals surface area contributed by atoms with Gasteiger partial charge in [-0.3, -0.25) is 10.1 Å². The number of hydrogen-bond acceptors (Lipinski definition) is 6. The van der Waals surface area contributed by atoms with Crippen molar-refractivity contribution in [3.8, 4) is 0 Å². The molecular weight excluding hydrogens is 236 g/mol. The number of halogens is 1. The Kier molecular flexibility index (Phi) is 3.16. The summed E-state index contributed by atoms with van der Waals surface area (Å²) in [6.45, 7) is 2.18. The number of morpholine rings is 1. The topological polar surface area (TPSA) is 81.4 Å². The van der Waals surface area contributed by atoms with Gasteiger partial charge in [0.1, 0.15) is 6.20 Å². The summed E-state index contributed by atoms with van der Waals surface area (Å²) in [6.07, 6.45) is 1.13. The van der Waals surface area contributed by atoms with Crippen LogP contribution in [0.1, 0.15) is 0 Å². The Bertz CT molecular complexity index is 408. The van der Waals surface area contributed by atoms with Gasteiger partial charge in [-0.15, -0.1) is 0 Å². The molecule has 1 fully saturated rings. The molecule has 8 heteroatoms. The lowest BCUT2D eigenvalue weighted by Crippen LogP contribution is -2.37. The summed E-state index contributed by atoms with van der Waals surface area (Å²) in [6, 6.07) is 0. The second-order valence-corrected chi connectivity index (χ2v) is 3.54. The average Bonchev–Trinajstić information content (AvgIpc) is 2.29. The van der Waals surface area contributed by atoms with Gasteiger partial charge in [0.15, 0.2) is 0 Å². The van der Waals surface area contributed by atoms with E-state index in [0.29, 0.717) is 26.3 Å². The summed E-state index contributed by atoms with van der Waals surface area (Å²) in [7, 11) is 0. The average molecular weight is 245 g/mol. The highest BCUT2D eigenvalue weighted by Gasteiger charge is 2.23. The Morgan fingerprint density at radius 3 is 2.81 bits per heavy atom. The number of aromatic nitrogens is 2. The first-order valence-corrected chi connectivity index (χ1v) is 5.06. The zero-order valence-corrected chi connectivity index (χ0v) is 9.05. The van der Waals surface area contributed by atoms with Crippen molar-refractivity contribution in [2.75, 3.05) is 31.2 Å². The van der Waals surface area contributed by atoms with Crippen LogP contribution < -0.4 is 4.90 Å². The van der Waals surface area contributed by atoms with Crippen LogP contribution in [-0.2, 0) is 4.74 Å². The Labute approximate surface area is 96.2 Å². The molecule has 0 N–H and O–H groups in total. The van der Waals surface area contributed by atoms with E-state index in [1.165, 1.54) is 0 Å². The molecule has 86 valence electrons. The van der Waals surface area contributed by atoms with Crippen LogP contribution in [-0.4, -0.2) is 41.2 Å². The number of rotatable bonds is 2. The van der Waals surface area contributed by atoms with Gasteiger partial charge in [-0.05, 0) is 11.6 Å². The predicted octanol–water partition coefficient (Wildman–Crippen LogP) is 0.875. The maximum absolute atomic E-state index is 10.8. The quantitative estimate of drug-likeness (QED) is 0.436. The van der Waals surface area contributed by atoms with Gasteiger partial charge in [0, 0.05) is 13.1 Å². The number of anilines is 1. The van der Waals surface area contributed by atoms with E-state index in [-0.39, 0.29) is 16.8 Å². The van der Waals surface area contributed by atoms with Gasteiger partial charge in [0.2, 0.25) is 11.1 Å². The fourth-order valence-electron chi connectivity index (χ4n) is 1.48. The van der Waals surface area contributed by atoms with E-state index >= 15 is 0 Å². The molecule has 0 aromatic carbocycles. The Hall–Kier alpha value is -1.47. The van der Waals surface area contributed by atoms with E-state index in [2.05, 4.69) is 9.97 Å². The van der Waals surface area contributed by atoms with Crippen molar-refractivity contribution in [1.82, 2.24) is 9.97 Å².